The van der Waals surface area contributed by atoms with Crippen LogP contribution in [-0.2, 0) is 21.4 Å². The lowest BCUT2D eigenvalue weighted by Crippen LogP contribution is -2.41. The summed E-state index contributed by atoms with van der Waals surface area (Å²) >= 11 is 0. The number of amides is 1. The van der Waals surface area contributed by atoms with Gasteiger partial charge in [-0.25, -0.2) is 8.42 Å². The summed E-state index contributed by atoms with van der Waals surface area (Å²) in [4.78, 5) is 12.9. The van der Waals surface area contributed by atoms with Gasteiger partial charge in [-0.05, 0) is 56.2 Å². The van der Waals surface area contributed by atoms with Crippen LogP contribution in [-0.4, -0.2) is 26.0 Å². The Morgan fingerprint density at radius 1 is 0.935 bits per heavy atom. The molecule has 7 heteroatoms. The van der Waals surface area contributed by atoms with Gasteiger partial charge in [-0.2, -0.15) is 0 Å². The number of sulfonamides is 1. The van der Waals surface area contributed by atoms with Gasteiger partial charge in [0, 0.05) is 12.1 Å². The van der Waals surface area contributed by atoms with E-state index < -0.39 is 15.9 Å². The summed E-state index contributed by atoms with van der Waals surface area (Å²) in [5, 5.41) is 12.6. The molecule has 162 valence electrons. The topological polar surface area (TPSA) is 86.7 Å². The molecule has 3 aromatic carbocycles. The van der Waals surface area contributed by atoms with Crippen molar-refractivity contribution in [3.63, 3.8) is 0 Å². The first-order valence-electron chi connectivity index (χ1n) is 9.89. The zero-order valence-corrected chi connectivity index (χ0v) is 18.6. The number of hydrogen-bond acceptors (Lipinski definition) is 4. The van der Waals surface area contributed by atoms with Crippen molar-refractivity contribution in [3.8, 4) is 5.75 Å². The summed E-state index contributed by atoms with van der Waals surface area (Å²) in [6.45, 7) is 5.33. The third kappa shape index (κ3) is 5.06. The predicted molar refractivity (Wildman–Crippen MR) is 122 cm³/mol. The highest BCUT2D eigenvalue weighted by molar-refractivity contribution is 7.92. The largest absolute Gasteiger partial charge is 0.508 e. The molecule has 31 heavy (non-hydrogen) atoms. The molecule has 3 rings (SSSR count). The maximum absolute atomic E-state index is 13.5. The highest BCUT2D eigenvalue weighted by Gasteiger charge is 2.28. The number of nitrogens with one attached hydrogen (secondary N) is 1. The average molecular weight is 439 g/mol. The van der Waals surface area contributed by atoms with E-state index in [1.807, 2.05) is 26.8 Å². The molecule has 0 saturated heterocycles. The first-order chi connectivity index (χ1) is 14.7. The molecular formula is C24H26N2O4S. The molecule has 0 fully saturated rings. The summed E-state index contributed by atoms with van der Waals surface area (Å²) in [6, 6.07) is 18.6. The molecule has 0 saturated carbocycles. The molecular weight excluding hydrogens is 412 g/mol. The van der Waals surface area contributed by atoms with E-state index in [9.17, 15) is 18.3 Å². The number of phenols is 1. The second kappa shape index (κ2) is 9.22. The standard InChI is InChI=1S/C24H26N2O4S/c1-17-11-13-21(14-12-17)31(29,30)26(22-9-6-7-18(2)19(22)3)16-24(28)25-15-20-8-4-5-10-23(20)27/h4-14,27H,15-16H2,1-3H3,(H,25,28). The fourth-order valence-electron chi connectivity index (χ4n) is 3.18. The number of anilines is 1. The van der Waals surface area contributed by atoms with Gasteiger partial charge in [-0.1, -0.05) is 48.0 Å². The van der Waals surface area contributed by atoms with Gasteiger partial charge in [0.1, 0.15) is 12.3 Å². The summed E-state index contributed by atoms with van der Waals surface area (Å²) in [7, 11) is -3.97. The van der Waals surface area contributed by atoms with Gasteiger partial charge in [0.05, 0.1) is 10.6 Å². The number of carbonyl (C=O) groups is 1. The summed E-state index contributed by atoms with van der Waals surface area (Å²) < 4.78 is 28.1. The van der Waals surface area contributed by atoms with Crippen molar-refractivity contribution < 1.29 is 18.3 Å². The molecule has 1 amide bonds. The Hall–Kier alpha value is -3.32. The van der Waals surface area contributed by atoms with Gasteiger partial charge >= 0.3 is 0 Å². The molecule has 0 bridgehead atoms. The maximum atomic E-state index is 13.5. The van der Waals surface area contributed by atoms with Crippen LogP contribution in [0.4, 0.5) is 5.69 Å². The number of nitrogens with zero attached hydrogens (tertiary/aromatic N) is 1. The molecule has 6 nitrogen and oxygen atoms in total. The number of benzene rings is 3. The first kappa shape index (κ1) is 22.4. The van der Waals surface area contributed by atoms with Gasteiger partial charge in [-0.15, -0.1) is 0 Å². The van der Waals surface area contributed by atoms with E-state index in [1.165, 1.54) is 6.07 Å². The highest BCUT2D eigenvalue weighted by atomic mass is 32.2. The van der Waals surface area contributed by atoms with E-state index in [0.717, 1.165) is 21.0 Å². The number of para-hydroxylation sites is 1. The highest BCUT2D eigenvalue weighted by Crippen LogP contribution is 2.28. The maximum Gasteiger partial charge on any atom is 0.264 e. The van der Waals surface area contributed by atoms with Crippen molar-refractivity contribution in [2.45, 2.75) is 32.2 Å². The van der Waals surface area contributed by atoms with Crippen LogP contribution in [0.2, 0.25) is 0 Å². The molecule has 3 aromatic rings. The van der Waals surface area contributed by atoms with Gasteiger partial charge < -0.3 is 10.4 Å². The number of hydrogen-bond donors (Lipinski definition) is 2. The van der Waals surface area contributed by atoms with Crippen LogP contribution in [0, 0.1) is 20.8 Å². The Labute approximate surface area is 183 Å². The summed E-state index contributed by atoms with van der Waals surface area (Å²) in [6.07, 6.45) is 0. The summed E-state index contributed by atoms with van der Waals surface area (Å²) in [5.74, 6) is -0.402. The number of aryl methyl sites for hydroxylation is 2. The fourth-order valence-corrected chi connectivity index (χ4v) is 4.66. The van der Waals surface area contributed by atoms with Gasteiger partial charge in [0.25, 0.3) is 10.0 Å². The molecule has 0 heterocycles. The Morgan fingerprint density at radius 3 is 2.29 bits per heavy atom. The third-order valence-corrected chi connectivity index (χ3v) is 6.98. The van der Waals surface area contributed by atoms with Crippen LogP contribution in [0.5, 0.6) is 5.75 Å². The SMILES string of the molecule is Cc1ccc(S(=O)(=O)N(CC(=O)NCc2ccccc2O)c2cccc(C)c2C)cc1. The monoisotopic (exact) mass is 438 g/mol. The van der Waals surface area contributed by atoms with Crippen LogP contribution >= 0.6 is 0 Å². The Kier molecular flexibility index (Phi) is 6.65. The van der Waals surface area contributed by atoms with Crippen molar-refractivity contribution in [1.29, 1.82) is 0 Å². The molecule has 0 atom stereocenters. The molecule has 0 aliphatic rings. The minimum absolute atomic E-state index is 0.0708. The minimum atomic E-state index is -3.97. The normalized spacial score (nSPS) is 11.2. The van der Waals surface area contributed by atoms with Gasteiger partial charge in [0.15, 0.2) is 0 Å². The molecule has 0 unspecified atom stereocenters. The Bertz CT molecular complexity index is 1190. The van der Waals surface area contributed by atoms with Gasteiger partial charge in [0.2, 0.25) is 5.91 Å². The van der Waals surface area contributed by atoms with E-state index in [4.69, 9.17) is 0 Å². The third-order valence-electron chi connectivity index (χ3n) is 5.21. The first-order valence-corrected chi connectivity index (χ1v) is 11.3. The number of rotatable bonds is 7. The second-order valence-corrected chi connectivity index (χ2v) is 9.31. The number of phenolic OH excluding ortho intramolecular Hbond substituents is 1. The average Bonchev–Trinajstić information content (AvgIpc) is 2.74. The lowest BCUT2D eigenvalue weighted by Gasteiger charge is -2.26. The Morgan fingerprint density at radius 2 is 1.61 bits per heavy atom. The molecule has 0 spiro atoms. The van der Waals surface area contributed by atoms with Crippen LogP contribution in [0.1, 0.15) is 22.3 Å². The lowest BCUT2D eigenvalue weighted by molar-refractivity contribution is -0.119. The fraction of sp³-hybridized carbons (Fsp3) is 0.208. The molecule has 0 radical (unpaired) electrons. The van der Waals surface area contributed by atoms with Crippen molar-refractivity contribution in [3.05, 3.63) is 89.0 Å². The van der Waals surface area contributed by atoms with E-state index in [-0.39, 0.29) is 23.7 Å². The molecule has 0 aliphatic carbocycles. The Balaban J connectivity index is 1.92. The van der Waals surface area contributed by atoms with Gasteiger partial charge in [-0.3, -0.25) is 9.10 Å². The van der Waals surface area contributed by atoms with E-state index >= 15 is 0 Å². The number of aromatic hydroxyl groups is 1. The van der Waals surface area contributed by atoms with Crippen LogP contribution in [0.15, 0.2) is 71.6 Å². The van der Waals surface area contributed by atoms with E-state index in [2.05, 4.69) is 5.32 Å². The van der Waals surface area contributed by atoms with Crippen molar-refractivity contribution in [1.82, 2.24) is 5.32 Å². The molecule has 0 aliphatic heterocycles. The van der Waals surface area contributed by atoms with Crippen LogP contribution in [0.3, 0.4) is 0 Å². The zero-order valence-electron chi connectivity index (χ0n) is 17.8. The minimum Gasteiger partial charge on any atom is -0.508 e. The molecule has 2 N–H and O–H groups in total. The predicted octanol–water partition coefficient (Wildman–Crippen LogP) is 3.83. The zero-order chi connectivity index (χ0) is 22.6. The van der Waals surface area contributed by atoms with Crippen molar-refractivity contribution >= 4 is 21.6 Å². The number of carbonyl (C=O) groups excluding carboxylic acids is 1. The van der Waals surface area contributed by atoms with Crippen LogP contribution in [0.25, 0.3) is 0 Å². The molecule has 0 aromatic heterocycles. The lowest BCUT2D eigenvalue weighted by atomic mass is 10.1. The van der Waals surface area contributed by atoms with E-state index in [1.54, 1.807) is 54.6 Å². The van der Waals surface area contributed by atoms with E-state index in [0.29, 0.717) is 11.3 Å². The second-order valence-electron chi connectivity index (χ2n) is 7.45. The van der Waals surface area contributed by atoms with Crippen LogP contribution < -0.4 is 9.62 Å². The quantitative estimate of drug-likeness (QED) is 0.587. The smallest absolute Gasteiger partial charge is 0.264 e. The van der Waals surface area contributed by atoms with Crippen molar-refractivity contribution in [2.75, 3.05) is 10.8 Å². The van der Waals surface area contributed by atoms with Crippen molar-refractivity contribution in [2.24, 2.45) is 0 Å². The summed E-state index contributed by atoms with van der Waals surface area (Å²) in [5.41, 5.74) is 3.66.